The zero-order chi connectivity index (χ0) is 22.0. The number of likely N-dealkylation sites (tertiary alicyclic amines) is 1. The first-order valence-corrected chi connectivity index (χ1v) is 8.99. The van der Waals surface area contributed by atoms with E-state index in [2.05, 4.69) is 59.2 Å². The number of quaternary nitrogens is 1. The maximum Gasteiger partial charge on any atom is 0 e. The molecular weight excluding hydrogens is 468 g/mol. The van der Waals surface area contributed by atoms with Gasteiger partial charge in [-0.3, -0.25) is 0 Å². The maximum atomic E-state index is 7.50. The Balaban J connectivity index is -0.0000000580. The van der Waals surface area contributed by atoms with E-state index in [1.54, 1.807) is 0 Å². The molecule has 1 aliphatic heterocycles. The van der Waals surface area contributed by atoms with E-state index in [9.17, 15) is 0 Å². The first-order chi connectivity index (χ1) is 12.5. The van der Waals surface area contributed by atoms with Gasteiger partial charge in [0.1, 0.15) is 0 Å². The van der Waals surface area contributed by atoms with Crippen LogP contribution >= 0.6 is 12.2 Å². The van der Waals surface area contributed by atoms with E-state index in [-0.39, 0.29) is 21.1 Å². The molecule has 1 fully saturated rings. The predicted octanol–water partition coefficient (Wildman–Crippen LogP) is 3.03. The Bertz CT molecular complexity index is 337. The molecule has 0 N–H and O–H groups in total. The summed E-state index contributed by atoms with van der Waals surface area (Å²) in [7, 11) is 0. The summed E-state index contributed by atoms with van der Waals surface area (Å²) in [6.45, 7) is 34.4. The van der Waals surface area contributed by atoms with Gasteiger partial charge in [-0.05, 0) is 47.0 Å². The first-order valence-electron chi connectivity index (χ1n) is 8.17. The zero-order valence-electron chi connectivity index (χ0n) is 16.6. The fraction of sp³-hybridized carbons (Fsp3) is 0.722. The average molecular weight is 499 g/mol. The van der Waals surface area contributed by atoms with Crippen LogP contribution in [0.3, 0.4) is 0 Å². The summed E-state index contributed by atoms with van der Waals surface area (Å²) in [6.07, 6.45) is 3.86. The van der Waals surface area contributed by atoms with Crippen LogP contribution in [-0.4, -0.2) is 53.0 Å². The molecule has 1 saturated heterocycles. The van der Waals surface area contributed by atoms with Crippen LogP contribution in [0.4, 0.5) is 0 Å². The number of piperidine rings is 1. The molecule has 0 atom stereocenters. The molecule has 0 aromatic carbocycles. The molecule has 6 nitrogen and oxygen atoms in total. The van der Waals surface area contributed by atoms with Gasteiger partial charge >= 0.3 is 45.2 Å². The molecule has 0 aromatic rings. The third kappa shape index (κ3) is 25.7. The van der Waals surface area contributed by atoms with Gasteiger partial charge in [0.2, 0.25) is 0 Å². The van der Waals surface area contributed by atoms with Gasteiger partial charge in [-0.2, -0.15) is 0 Å². The summed E-state index contributed by atoms with van der Waals surface area (Å²) < 4.78 is 31.9. The molecule has 0 radical (unpaired) electrons. The van der Waals surface area contributed by atoms with E-state index < -0.39 is 0 Å². The third-order valence-electron chi connectivity index (χ3n) is 4.30. The normalized spacial score (nSPS) is 10.9. The molecule has 9 heteroatoms. The second-order valence-electron chi connectivity index (χ2n) is 4.92. The molecule has 154 valence electrons. The van der Waals surface area contributed by atoms with Crippen LogP contribution in [0.1, 0.15) is 47.0 Å². The van der Waals surface area contributed by atoms with E-state index in [1.807, 2.05) is 0 Å². The quantitative estimate of drug-likeness (QED) is 0.149. The fourth-order valence-corrected chi connectivity index (χ4v) is 2.78. The molecule has 0 aliphatic carbocycles. The van der Waals surface area contributed by atoms with Crippen molar-refractivity contribution < 1.29 is 44.2 Å². The molecule has 0 bridgehead atoms. The Morgan fingerprint density at radius 2 is 1.04 bits per heavy atom. The van der Waals surface area contributed by atoms with E-state index in [4.69, 9.17) is 43.5 Å². The van der Waals surface area contributed by atoms with Crippen molar-refractivity contribution in [3.63, 3.8) is 0 Å². The minimum atomic E-state index is 0. The summed E-state index contributed by atoms with van der Waals surface area (Å²) in [4.78, 5) is 2.11. The number of hydrogen-bond acceptors (Lipinski definition) is 2. The van der Waals surface area contributed by atoms with Crippen molar-refractivity contribution in [1.29, 1.82) is 0 Å². The molecule has 27 heavy (non-hydrogen) atoms. The smallest absolute Gasteiger partial charge is 0 e. The van der Waals surface area contributed by atoms with Crippen LogP contribution in [0.5, 0.6) is 0 Å². The van der Waals surface area contributed by atoms with E-state index >= 15 is 0 Å². The summed E-state index contributed by atoms with van der Waals surface area (Å²) in [5.74, 6) is 0. The van der Waals surface area contributed by atoms with Crippen LogP contribution < -0.4 is 0 Å². The molecule has 0 aromatic heterocycles. The van der Waals surface area contributed by atoms with Gasteiger partial charge < -0.3 is 34.2 Å². The fourth-order valence-electron chi connectivity index (χ4n) is 2.42. The summed E-state index contributed by atoms with van der Waals surface area (Å²) >= 11 is 9.71. The van der Waals surface area contributed by atoms with E-state index in [0.717, 1.165) is 13.1 Å². The molecule has 1 heterocycles. The van der Waals surface area contributed by atoms with Crippen LogP contribution in [-0.2, 0) is 52.3 Å². The van der Waals surface area contributed by atoms with Crippen molar-refractivity contribution in [2.24, 2.45) is 0 Å². The molecule has 0 unspecified atom stereocenters. The molecule has 0 spiro atoms. The number of hydrogen-bond donors (Lipinski definition) is 0. The Labute approximate surface area is 190 Å². The van der Waals surface area contributed by atoms with Gasteiger partial charge in [0, 0.05) is 34.2 Å². The monoisotopic (exact) mass is 500 g/mol. The molecular formula is C18H30MoN2O4S2. The Morgan fingerprint density at radius 3 is 1.15 bits per heavy atom. The van der Waals surface area contributed by atoms with Crippen molar-refractivity contribution in [3.8, 4) is 0 Å². The number of rotatable bonds is 4. The molecule has 0 amide bonds. The largest absolute Gasteiger partial charge is 0 e. The molecule has 0 saturated carbocycles. The summed E-state index contributed by atoms with van der Waals surface area (Å²) in [5.41, 5.74) is 0. The Hall–Kier alpha value is -0.282. The number of nitrogens with zero attached hydrogens (tertiary/aromatic N) is 2. The standard InChI is InChI=1S/C8H20N.C6H11NS2.4CO.Mo/c1-5-9(6-2,7-3)8-4;8-6(9)7-4-2-1-3-5-7;4*1-2;/h5-8H2,1-4H3;1-5H2,(H,8,9);;;;;/q+1;;;;;;/p-1. The van der Waals surface area contributed by atoms with Crippen molar-refractivity contribution in [2.75, 3.05) is 39.3 Å². The molecule has 1 aliphatic rings. The average Bonchev–Trinajstić information content (AvgIpc) is 2.77. The Kier molecular flexibility index (Phi) is 55.8. The van der Waals surface area contributed by atoms with Crippen LogP contribution in [0.15, 0.2) is 0 Å². The van der Waals surface area contributed by atoms with Gasteiger partial charge in [-0.15, -0.1) is 0 Å². The minimum Gasteiger partial charge on any atom is 0 e. The van der Waals surface area contributed by atoms with E-state index in [1.165, 1.54) is 49.9 Å². The van der Waals surface area contributed by atoms with Gasteiger partial charge in [-0.25, -0.2) is 0 Å². The van der Waals surface area contributed by atoms with Gasteiger partial charge in [-0.1, -0.05) is 4.32 Å². The third-order valence-corrected chi connectivity index (χ3v) is 4.81. The van der Waals surface area contributed by atoms with Crippen LogP contribution in [0, 0.1) is 26.6 Å². The maximum absolute atomic E-state index is 7.50. The summed E-state index contributed by atoms with van der Waals surface area (Å²) in [5, 5.41) is 0. The van der Waals surface area contributed by atoms with Crippen molar-refractivity contribution in [3.05, 3.63) is 26.6 Å². The second-order valence-corrected chi connectivity index (χ2v) is 5.95. The predicted molar refractivity (Wildman–Crippen MR) is 104 cm³/mol. The Morgan fingerprint density at radius 1 is 0.778 bits per heavy atom. The van der Waals surface area contributed by atoms with Crippen molar-refractivity contribution in [2.45, 2.75) is 47.0 Å². The number of thiocarbonyl (C=S) groups is 1. The van der Waals surface area contributed by atoms with Gasteiger partial charge in [0.15, 0.2) is 0 Å². The topological polar surface area (TPSA) is 82.8 Å². The van der Waals surface area contributed by atoms with Gasteiger partial charge in [0.05, 0.1) is 26.2 Å². The first kappa shape index (κ1) is 41.2. The van der Waals surface area contributed by atoms with Crippen LogP contribution in [0.2, 0.25) is 0 Å². The van der Waals surface area contributed by atoms with Crippen molar-refractivity contribution >= 4 is 29.2 Å². The van der Waals surface area contributed by atoms with Gasteiger partial charge in [0.25, 0.3) is 0 Å². The second kappa shape index (κ2) is 36.6. The SMILES string of the molecule is CC[N+](CC)(CC)CC.S=C([S-])N1CCCCC1.[C-]#[O+].[C-]#[O+].[C-]#[O+].[C-]#[O+].[Mo]. The zero-order valence-corrected chi connectivity index (χ0v) is 20.3. The van der Waals surface area contributed by atoms with Crippen molar-refractivity contribution in [1.82, 2.24) is 4.90 Å². The van der Waals surface area contributed by atoms with Crippen LogP contribution in [0.25, 0.3) is 0 Å². The minimum absolute atomic E-state index is 0. The molecule has 1 rings (SSSR count). The summed E-state index contributed by atoms with van der Waals surface area (Å²) in [6, 6.07) is 0. The van der Waals surface area contributed by atoms with E-state index in [0.29, 0.717) is 4.32 Å².